The van der Waals surface area contributed by atoms with Gasteiger partial charge in [-0.1, -0.05) is 5.16 Å². The average molecular weight is 392 g/mol. The van der Waals surface area contributed by atoms with Crippen molar-refractivity contribution in [3.63, 3.8) is 0 Å². The minimum absolute atomic E-state index is 0.0132. The maximum Gasteiger partial charge on any atom is 0.251 e. The molecule has 1 aliphatic rings. The van der Waals surface area contributed by atoms with Gasteiger partial charge in [-0.05, 0) is 30.4 Å². The largest absolute Gasteiger partial charge is 0.337 e. The van der Waals surface area contributed by atoms with E-state index in [9.17, 15) is 13.2 Å². The molecule has 0 amide bonds. The number of hydrogen-bond acceptors (Lipinski definition) is 7. The van der Waals surface area contributed by atoms with Crippen molar-refractivity contribution in [3.8, 4) is 11.4 Å². The Morgan fingerprint density at radius 1 is 1.19 bits per heavy atom. The van der Waals surface area contributed by atoms with E-state index in [4.69, 9.17) is 4.52 Å². The van der Waals surface area contributed by atoms with Crippen LogP contribution in [0.5, 0.6) is 0 Å². The molecule has 0 aliphatic carbocycles. The number of hydrogen-bond donors (Lipinski definition) is 0. The number of thiophene rings is 1. The molecule has 26 heavy (non-hydrogen) atoms. The average Bonchev–Trinajstić information content (AvgIpc) is 3.39. The predicted octanol–water partition coefficient (Wildman–Crippen LogP) is 1.79. The van der Waals surface area contributed by atoms with Crippen molar-refractivity contribution in [3.05, 3.63) is 51.4 Å². The van der Waals surface area contributed by atoms with Crippen molar-refractivity contribution in [2.24, 2.45) is 0 Å². The van der Waals surface area contributed by atoms with Crippen molar-refractivity contribution in [2.45, 2.75) is 24.3 Å². The second-order valence-corrected chi connectivity index (χ2v) is 8.68. The van der Waals surface area contributed by atoms with Crippen LogP contribution >= 0.6 is 11.3 Å². The molecule has 4 heterocycles. The van der Waals surface area contributed by atoms with Gasteiger partial charge in [0.05, 0.1) is 4.90 Å². The maximum atomic E-state index is 12.7. The topological polar surface area (TPSA) is 98.3 Å². The summed E-state index contributed by atoms with van der Waals surface area (Å²) in [6.07, 6.45) is 3.04. The van der Waals surface area contributed by atoms with Crippen LogP contribution in [0.25, 0.3) is 11.4 Å². The highest BCUT2D eigenvalue weighted by atomic mass is 32.2. The molecule has 0 atom stereocenters. The molecule has 136 valence electrons. The lowest BCUT2D eigenvalue weighted by atomic mass is 10.3. The molecule has 3 aromatic rings. The van der Waals surface area contributed by atoms with Crippen molar-refractivity contribution in [1.82, 2.24) is 19.0 Å². The monoisotopic (exact) mass is 392 g/mol. The van der Waals surface area contributed by atoms with Gasteiger partial charge in [-0.3, -0.25) is 4.79 Å². The first-order chi connectivity index (χ1) is 12.5. The molecule has 8 nitrogen and oxygen atoms in total. The Kier molecular flexibility index (Phi) is 4.47. The summed E-state index contributed by atoms with van der Waals surface area (Å²) >= 11 is 1.52. The third kappa shape index (κ3) is 3.22. The smallest absolute Gasteiger partial charge is 0.251 e. The Balaban J connectivity index is 1.62. The standard InChI is InChI=1S/C16H16N4O4S2/c21-15-4-3-13(26(22,23)20-6-1-2-7-20)9-19(15)10-14-17-16(18-24-14)12-5-8-25-11-12/h3-5,8-9,11H,1-2,6-7,10H2. The van der Waals surface area contributed by atoms with Gasteiger partial charge in [0, 0.05) is 36.3 Å². The number of nitrogens with zero attached hydrogens (tertiary/aromatic N) is 4. The van der Waals surface area contributed by atoms with Crippen LogP contribution in [-0.2, 0) is 16.6 Å². The van der Waals surface area contributed by atoms with Crippen molar-refractivity contribution < 1.29 is 12.9 Å². The first-order valence-electron chi connectivity index (χ1n) is 8.10. The second kappa shape index (κ2) is 6.78. The van der Waals surface area contributed by atoms with E-state index in [1.54, 1.807) is 0 Å². The minimum atomic E-state index is -3.59. The molecule has 1 fully saturated rings. The fourth-order valence-corrected chi connectivity index (χ4v) is 5.01. The van der Waals surface area contributed by atoms with E-state index in [1.165, 1.54) is 38.5 Å². The quantitative estimate of drug-likeness (QED) is 0.657. The predicted molar refractivity (Wildman–Crippen MR) is 95.4 cm³/mol. The van der Waals surface area contributed by atoms with Gasteiger partial charge in [0.2, 0.25) is 21.7 Å². The molecule has 10 heteroatoms. The summed E-state index contributed by atoms with van der Waals surface area (Å²) in [7, 11) is -3.59. The molecule has 0 bridgehead atoms. The molecule has 3 aromatic heterocycles. The van der Waals surface area contributed by atoms with Gasteiger partial charge in [0.15, 0.2) is 0 Å². The van der Waals surface area contributed by atoms with Crippen LogP contribution in [0.2, 0.25) is 0 Å². The first-order valence-corrected chi connectivity index (χ1v) is 10.5. The van der Waals surface area contributed by atoms with Gasteiger partial charge in [0.25, 0.3) is 5.56 Å². The zero-order valence-electron chi connectivity index (χ0n) is 13.7. The van der Waals surface area contributed by atoms with Crippen molar-refractivity contribution >= 4 is 21.4 Å². The van der Waals surface area contributed by atoms with Gasteiger partial charge in [-0.2, -0.15) is 20.6 Å². The second-order valence-electron chi connectivity index (χ2n) is 5.97. The van der Waals surface area contributed by atoms with Gasteiger partial charge < -0.3 is 9.09 Å². The van der Waals surface area contributed by atoms with Crippen molar-refractivity contribution in [1.29, 1.82) is 0 Å². The Labute approximate surface area is 153 Å². The fraction of sp³-hybridized carbons (Fsp3) is 0.312. The Morgan fingerprint density at radius 2 is 2.00 bits per heavy atom. The Morgan fingerprint density at radius 3 is 2.73 bits per heavy atom. The van der Waals surface area contributed by atoms with Crippen LogP contribution in [0.1, 0.15) is 18.7 Å². The van der Waals surface area contributed by atoms with Crippen LogP contribution in [-0.4, -0.2) is 40.5 Å². The zero-order chi connectivity index (χ0) is 18.1. The molecule has 4 rings (SSSR count). The van der Waals surface area contributed by atoms with Crippen LogP contribution in [0, 0.1) is 0 Å². The Hall–Kier alpha value is -2.30. The SMILES string of the molecule is O=c1ccc(S(=O)(=O)N2CCCC2)cn1Cc1nc(-c2ccsc2)no1. The molecule has 0 spiro atoms. The van der Waals surface area contributed by atoms with Gasteiger partial charge in [-0.25, -0.2) is 8.42 Å². The van der Waals surface area contributed by atoms with Crippen LogP contribution in [0.4, 0.5) is 0 Å². The summed E-state index contributed by atoms with van der Waals surface area (Å²) in [6, 6.07) is 4.46. The lowest BCUT2D eigenvalue weighted by molar-refractivity contribution is 0.369. The lowest BCUT2D eigenvalue weighted by Gasteiger charge is -2.16. The highest BCUT2D eigenvalue weighted by Crippen LogP contribution is 2.21. The molecular formula is C16H16N4O4S2. The molecule has 1 saturated heterocycles. The van der Waals surface area contributed by atoms with Crippen LogP contribution in [0.15, 0.2) is 49.4 Å². The molecule has 0 saturated carbocycles. The fourth-order valence-electron chi connectivity index (χ4n) is 2.84. The molecule has 0 aromatic carbocycles. The van der Waals surface area contributed by atoms with E-state index >= 15 is 0 Å². The highest BCUT2D eigenvalue weighted by molar-refractivity contribution is 7.89. The van der Waals surface area contributed by atoms with E-state index in [1.807, 2.05) is 16.8 Å². The van der Waals surface area contributed by atoms with Gasteiger partial charge >= 0.3 is 0 Å². The summed E-state index contributed by atoms with van der Waals surface area (Å²) in [6.45, 7) is 1.03. The van der Waals surface area contributed by atoms with E-state index < -0.39 is 10.0 Å². The first kappa shape index (κ1) is 17.1. The minimum Gasteiger partial charge on any atom is -0.337 e. The van der Waals surface area contributed by atoms with Crippen LogP contribution < -0.4 is 5.56 Å². The van der Waals surface area contributed by atoms with E-state index in [2.05, 4.69) is 10.1 Å². The van der Waals surface area contributed by atoms with Gasteiger partial charge in [0.1, 0.15) is 6.54 Å². The summed E-state index contributed by atoms with van der Waals surface area (Å²) in [4.78, 5) is 16.5. The molecule has 0 unspecified atom stereocenters. The van der Waals surface area contributed by atoms with E-state index in [-0.39, 0.29) is 22.9 Å². The lowest BCUT2D eigenvalue weighted by Crippen LogP contribution is -2.29. The molecular weight excluding hydrogens is 376 g/mol. The number of sulfonamides is 1. The number of pyridine rings is 1. The Bertz CT molecular complexity index is 1060. The molecule has 0 radical (unpaired) electrons. The summed E-state index contributed by atoms with van der Waals surface area (Å²) in [5.74, 6) is 0.680. The third-order valence-corrected chi connectivity index (χ3v) is 6.78. The number of rotatable bonds is 5. The molecule has 1 aliphatic heterocycles. The maximum absolute atomic E-state index is 12.7. The molecule has 0 N–H and O–H groups in total. The van der Waals surface area contributed by atoms with Crippen LogP contribution in [0.3, 0.4) is 0 Å². The third-order valence-electron chi connectivity index (χ3n) is 4.21. The zero-order valence-corrected chi connectivity index (χ0v) is 15.4. The van der Waals surface area contributed by atoms with Crippen molar-refractivity contribution in [2.75, 3.05) is 13.1 Å². The van der Waals surface area contributed by atoms with E-state index in [0.29, 0.717) is 18.9 Å². The van der Waals surface area contributed by atoms with Gasteiger partial charge in [-0.15, -0.1) is 0 Å². The summed E-state index contributed by atoms with van der Waals surface area (Å²) in [5, 5.41) is 7.70. The van der Waals surface area contributed by atoms with E-state index in [0.717, 1.165) is 18.4 Å². The highest BCUT2D eigenvalue weighted by Gasteiger charge is 2.27. The normalized spacial score (nSPS) is 15.5. The summed E-state index contributed by atoms with van der Waals surface area (Å²) < 4.78 is 33.3. The summed E-state index contributed by atoms with van der Waals surface area (Å²) in [5.41, 5.74) is 0.503. The number of aromatic nitrogens is 3.